The zero-order valence-corrected chi connectivity index (χ0v) is 16.3. The van der Waals surface area contributed by atoms with E-state index < -0.39 is 36.2 Å². The van der Waals surface area contributed by atoms with E-state index in [0.717, 1.165) is 51.0 Å². The van der Waals surface area contributed by atoms with Gasteiger partial charge in [-0.3, -0.25) is 9.59 Å². The number of hydrogen-bond donors (Lipinski definition) is 3. The molecule has 0 radical (unpaired) electrons. The van der Waals surface area contributed by atoms with Crippen LogP contribution in [0, 0.1) is 0 Å². The zero-order valence-electron chi connectivity index (χ0n) is 16.3. The van der Waals surface area contributed by atoms with Crippen LogP contribution < -0.4 is 0 Å². The van der Waals surface area contributed by atoms with Crippen LogP contribution in [0.25, 0.3) is 0 Å². The highest BCUT2D eigenvalue weighted by Crippen LogP contribution is 2.17. The maximum absolute atomic E-state index is 11.9. The molecule has 0 aromatic carbocycles. The molecule has 0 spiro atoms. The first-order valence-electron chi connectivity index (χ1n) is 10.0. The maximum Gasteiger partial charge on any atom is 0.330 e. The number of carboxylic acid groups (broad SMARTS) is 1. The average molecular weight is 400 g/mol. The molecule has 0 bridgehead atoms. The molecular weight excluding hydrogens is 368 g/mol. The van der Waals surface area contributed by atoms with Gasteiger partial charge >= 0.3 is 17.9 Å². The lowest BCUT2D eigenvalue weighted by Gasteiger charge is -2.21. The molecule has 0 saturated carbocycles. The minimum absolute atomic E-state index is 0.258. The van der Waals surface area contributed by atoms with E-state index in [-0.39, 0.29) is 19.4 Å². The summed E-state index contributed by atoms with van der Waals surface area (Å²) in [6.07, 6.45) is 6.73. The first-order chi connectivity index (χ1) is 13.4. The van der Waals surface area contributed by atoms with Crippen LogP contribution in [-0.4, -0.2) is 58.1 Å². The molecule has 3 atom stereocenters. The van der Waals surface area contributed by atoms with E-state index in [1.54, 1.807) is 0 Å². The lowest BCUT2D eigenvalue weighted by Crippen LogP contribution is -2.30. The normalized spacial score (nSPS) is 26.8. The Balaban J connectivity index is 2.72. The van der Waals surface area contributed by atoms with Crippen molar-refractivity contribution in [3.05, 3.63) is 12.2 Å². The van der Waals surface area contributed by atoms with Crippen LogP contribution in [0.2, 0.25) is 0 Å². The summed E-state index contributed by atoms with van der Waals surface area (Å²) in [5, 5.41) is 28.3. The molecule has 160 valence electrons. The number of aliphatic hydroxyl groups is 2. The maximum atomic E-state index is 11.9. The van der Waals surface area contributed by atoms with Gasteiger partial charge < -0.3 is 24.8 Å². The second kappa shape index (κ2) is 14.1. The van der Waals surface area contributed by atoms with E-state index >= 15 is 0 Å². The number of rotatable bonds is 5. The van der Waals surface area contributed by atoms with Gasteiger partial charge in [0.05, 0.1) is 19.4 Å². The number of carbonyl (C=O) groups is 3. The third-order valence-corrected chi connectivity index (χ3v) is 4.64. The number of carbonyl (C=O) groups excluding carboxylic acids is 2. The molecule has 0 amide bonds. The first kappa shape index (κ1) is 24.1. The number of esters is 2. The number of aliphatic hydroxyl groups excluding tert-OH is 2. The molecule has 1 rings (SSSR count). The largest absolute Gasteiger partial charge is 0.481 e. The predicted octanol–water partition coefficient (Wildman–Crippen LogP) is 2.11. The fraction of sp³-hybridized carbons (Fsp3) is 0.750. The van der Waals surface area contributed by atoms with Gasteiger partial charge in [0.15, 0.2) is 0 Å². The van der Waals surface area contributed by atoms with Gasteiger partial charge in [0, 0.05) is 6.08 Å². The van der Waals surface area contributed by atoms with E-state index in [9.17, 15) is 24.6 Å². The Morgan fingerprint density at radius 1 is 1.04 bits per heavy atom. The summed E-state index contributed by atoms with van der Waals surface area (Å²) < 4.78 is 10.4. The molecule has 8 heteroatoms. The lowest BCUT2D eigenvalue weighted by molar-refractivity contribution is -0.156. The Morgan fingerprint density at radius 3 is 2.25 bits per heavy atom. The third-order valence-electron chi connectivity index (χ3n) is 4.64. The average Bonchev–Trinajstić information content (AvgIpc) is 2.66. The van der Waals surface area contributed by atoms with Gasteiger partial charge in [-0.2, -0.15) is 0 Å². The van der Waals surface area contributed by atoms with Crippen molar-refractivity contribution in [3.8, 4) is 0 Å². The van der Waals surface area contributed by atoms with Crippen LogP contribution >= 0.6 is 0 Å². The summed E-state index contributed by atoms with van der Waals surface area (Å²) in [5.74, 6) is -2.48. The van der Waals surface area contributed by atoms with Crippen molar-refractivity contribution in [2.24, 2.45) is 0 Å². The monoisotopic (exact) mass is 400 g/mol. The fourth-order valence-electron chi connectivity index (χ4n) is 3.03. The third kappa shape index (κ3) is 11.0. The van der Waals surface area contributed by atoms with Crippen molar-refractivity contribution in [2.75, 3.05) is 6.61 Å². The van der Waals surface area contributed by atoms with E-state index in [4.69, 9.17) is 14.6 Å². The summed E-state index contributed by atoms with van der Waals surface area (Å²) in [7, 11) is 0. The molecule has 1 heterocycles. The SMILES string of the molecule is O=C(O)CCC(=O)O[C@H]1CCCCCCCCC[C@@H](CO)OC(=O)/C=C/[C@H]1O. The number of aliphatic carboxylic acids is 1. The summed E-state index contributed by atoms with van der Waals surface area (Å²) >= 11 is 0. The number of cyclic esters (lactones) is 1. The van der Waals surface area contributed by atoms with Crippen molar-refractivity contribution in [3.63, 3.8) is 0 Å². The van der Waals surface area contributed by atoms with Gasteiger partial charge in [-0.25, -0.2) is 4.79 Å². The predicted molar refractivity (Wildman–Crippen MR) is 100 cm³/mol. The molecule has 0 unspecified atom stereocenters. The second-order valence-corrected chi connectivity index (χ2v) is 7.07. The van der Waals surface area contributed by atoms with Crippen molar-refractivity contribution < 1.29 is 39.2 Å². The molecular formula is C20H32O8. The lowest BCUT2D eigenvalue weighted by atomic mass is 10.0. The van der Waals surface area contributed by atoms with Crippen molar-refractivity contribution in [1.29, 1.82) is 0 Å². The zero-order chi connectivity index (χ0) is 20.8. The molecule has 1 aliphatic rings. The fourth-order valence-corrected chi connectivity index (χ4v) is 3.03. The molecule has 0 aromatic heterocycles. The van der Waals surface area contributed by atoms with Gasteiger partial charge in [0.1, 0.15) is 18.3 Å². The van der Waals surface area contributed by atoms with Gasteiger partial charge in [-0.15, -0.1) is 0 Å². The summed E-state index contributed by atoms with van der Waals surface area (Å²) in [4.78, 5) is 34.3. The molecule has 3 N–H and O–H groups in total. The Hall–Kier alpha value is -1.93. The quantitative estimate of drug-likeness (QED) is 0.598. The van der Waals surface area contributed by atoms with E-state index in [0.29, 0.717) is 12.8 Å². The summed E-state index contributed by atoms with van der Waals surface area (Å²) in [6.45, 7) is -0.258. The molecule has 0 aliphatic carbocycles. The Labute approximate surface area is 165 Å². The first-order valence-corrected chi connectivity index (χ1v) is 10.0. The van der Waals surface area contributed by atoms with Crippen LogP contribution in [-0.2, 0) is 23.9 Å². The highest BCUT2D eigenvalue weighted by molar-refractivity contribution is 5.82. The van der Waals surface area contributed by atoms with Crippen LogP contribution in [0.15, 0.2) is 12.2 Å². The molecule has 1 aliphatic heterocycles. The van der Waals surface area contributed by atoms with Crippen molar-refractivity contribution in [2.45, 2.75) is 88.9 Å². The van der Waals surface area contributed by atoms with Gasteiger partial charge in [-0.05, 0) is 31.8 Å². The van der Waals surface area contributed by atoms with Crippen molar-refractivity contribution in [1.82, 2.24) is 0 Å². The van der Waals surface area contributed by atoms with Crippen LogP contribution in [0.5, 0.6) is 0 Å². The number of carboxylic acids is 1. The van der Waals surface area contributed by atoms with Gasteiger partial charge in [-0.1, -0.05) is 32.1 Å². The van der Waals surface area contributed by atoms with Crippen LogP contribution in [0.4, 0.5) is 0 Å². The standard InChI is InChI=1S/C20H32O8/c21-14-15-8-6-4-2-1-3-5-7-9-17(16(22)10-12-19(25)27-15)28-20(26)13-11-18(23)24/h10,12,15-17,21-22H,1-9,11,13-14H2,(H,23,24)/b12-10+/t15-,16+,17-/m0/s1. The van der Waals surface area contributed by atoms with E-state index in [1.165, 1.54) is 6.08 Å². The van der Waals surface area contributed by atoms with E-state index in [1.807, 2.05) is 0 Å². The van der Waals surface area contributed by atoms with Crippen LogP contribution in [0.1, 0.15) is 70.6 Å². The molecule has 0 aromatic rings. The highest BCUT2D eigenvalue weighted by Gasteiger charge is 2.22. The summed E-state index contributed by atoms with van der Waals surface area (Å²) in [6, 6.07) is 0. The van der Waals surface area contributed by atoms with E-state index in [2.05, 4.69) is 0 Å². The minimum atomic E-state index is -1.21. The molecule has 0 fully saturated rings. The van der Waals surface area contributed by atoms with Gasteiger partial charge in [0.25, 0.3) is 0 Å². The Kier molecular flexibility index (Phi) is 12.2. The molecule has 8 nitrogen and oxygen atoms in total. The second-order valence-electron chi connectivity index (χ2n) is 7.07. The van der Waals surface area contributed by atoms with Gasteiger partial charge in [0.2, 0.25) is 0 Å². The minimum Gasteiger partial charge on any atom is -0.481 e. The topological polar surface area (TPSA) is 130 Å². The molecule has 0 saturated heterocycles. The molecule has 28 heavy (non-hydrogen) atoms. The Morgan fingerprint density at radius 2 is 1.64 bits per heavy atom. The van der Waals surface area contributed by atoms with Crippen LogP contribution in [0.3, 0.4) is 0 Å². The van der Waals surface area contributed by atoms with Crippen molar-refractivity contribution >= 4 is 17.9 Å². The smallest absolute Gasteiger partial charge is 0.330 e. The highest BCUT2D eigenvalue weighted by atomic mass is 16.6. The number of ether oxygens (including phenoxy) is 2. The summed E-state index contributed by atoms with van der Waals surface area (Å²) in [5.41, 5.74) is 0. The number of hydrogen-bond acceptors (Lipinski definition) is 7. The Bertz CT molecular complexity index is 516.